The summed E-state index contributed by atoms with van der Waals surface area (Å²) >= 11 is 0. The predicted octanol–water partition coefficient (Wildman–Crippen LogP) is 2.83. The number of H-pyrrole nitrogens is 1. The molecule has 2 aliphatic rings. The zero-order valence-corrected chi connectivity index (χ0v) is 15.7. The predicted molar refractivity (Wildman–Crippen MR) is 97.2 cm³/mol. The fourth-order valence-corrected chi connectivity index (χ4v) is 4.25. The number of ether oxygens (including phenoxy) is 1. The van der Waals surface area contributed by atoms with E-state index in [9.17, 15) is 0 Å². The second-order valence-electron chi connectivity index (χ2n) is 8.51. The average molecular weight is 335 g/mol. The molecular formula is C19H34N4O. The Labute approximate surface area is 146 Å². The summed E-state index contributed by atoms with van der Waals surface area (Å²) in [7, 11) is 0. The van der Waals surface area contributed by atoms with Crippen LogP contribution < -0.4 is 5.32 Å². The zero-order valence-electron chi connectivity index (χ0n) is 15.7. The van der Waals surface area contributed by atoms with Gasteiger partial charge in [-0.3, -0.25) is 10.00 Å². The van der Waals surface area contributed by atoms with Gasteiger partial charge in [-0.25, -0.2) is 0 Å². The fourth-order valence-electron chi connectivity index (χ4n) is 4.25. The van der Waals surface area contributed by atoms with E-state index in [1.165, 1.54) is 43.6 Å². The molecule has 0 bridgehead atoms. The average Bonchev–Trinajstić information content (AvgIpc) is 3.05. The quantitative estimate of drug-likeness (QED) is 0.869. The lowest BCUT2D eigenvalue weighted by Gasteiger charge is -2.48. The SMILES string of the molecule is CC(C)(C)c1[nH]ncc1CNCC1(N2CCCCC2)CCOCC1. The summed E-state index contributed by atoms with van der Waals surface area (Å²) in [6.07, 6.45) is 8.36. The van der Waals surface area contributed by atoms with Crippen LogP contribution in [0.1, 0.15) is 64.1 Å². The lowest BCUT2D eigenvalue weighted by molar-refractivity contribution is -0.0358. The summed E-state index contributed by atoms with van der Waals surface area (Å²) in [5.41, 5.74) is 2.93. The van der Waals surface area contributed by atoms with E-state index in [1.54, 1.807) is 0 Å². The largest absolute Gasteiger partial charge is 0.381 e. The number of hydrogen-bond acceptors (Lipinski definition) is 4. The molecule has 0 saturated carbocycles. The van der Waals surface area contributed by atoms with E-state index in [1.807, 2.05) is 6.20 Å². The maximum Gasteiger partial charge on any atom is 0.0535 e. The van der Waals surface area contributed by atoms with Gasteiger partial charge in [0, 0.05) is 48.5 Å². The molecule has 24 heavy (non-hydrogen) atoms. The molecule has 2 fully saturated rings. The first-order valence-electron chi connectivity index (χ1n) is 9.58. The van der Waals surface area contributed by atoms with Gasteiger partial charge in [0.05, 0.1) is 6.20 Å². The molecule has 0 aromatic carbocycles. The highest BCUT2D eigenvalue weighted by Gasteiger charge is 2.38. The van der Waals surface area contributed by atoms with E-state index in [0.29, 0.717) is 0 Å². The van der Waals surface area contributed by atoms with Crippen LogP contribution in [0, 0.1) is 0 Å². The van der Waals surface area contributed by atoms with E-state index in [-0.39, 0.29) is 11.0 Å². The lowest BCUT2D eigenvalue weighted by Crippen LogP contribution is -2.59. The van der Waals surface area contributed by atoms with Gasteiger partial charge in [0.2, 0.25) is 0 Å². The Kier molecular flexibility index (Phi) is 5.63. The second-order valence-corrected chi connectivity index (χ2v) is 8.51. The summed E-state index contributed by atoms with van der Waals surface area (Å²) in [4.78, 5) is 2.74. The smallest absolute Gasteiger partial charge is 0.0535 e. The van der Waals surface area contributed by atoms with Gasteiger partial charge >= 0.3 is 0 Å². The van der Waals surface area contributed by atoms with Gasteiger partial charge in [-0.1, -0.05) is 27.2 Å². The van der Waals surface area contributed by atoms with E-state index >= 15 is 0 Å². The van der Waals surface area contributed by atoms with Gasteiger partial charge in [-0.05, 0) is 38.8 Å². The Morgan fingerprint density at radius 1 is 1.21 bits per heavy atom. The summed E-state index contributed by atoms with van der Waals surface area (Å²) in [5.74, 6) is 0. The van der Waals surface area contributed by atoms with Gasteiger partial charge < -0.3 is 10.1 Å². The van der Waals surface area contributed by atoms with Crippen LogP contribution in [0.4, 0.5) is 0 Å². The van der Waals surface area contributed by atoms with Crippen molar-refractivity contribution in [2.45, 2.75) is 70.4 Å². The molecule has 2 aliphatic heterocycles. The molecule has 0 spiro atoms. The number of likely N-dealkylation sites (tertiary alicyclic amines) is 1. The molecule has 136 valence electrons. The highest BCUT2D eigenvalue weighted by atomic mass is 16.5. The second kappa shape index (κ2) is 7.54. The van der Waals surface area contributed by atoms with Crippen molar-refractivity contribution >= 4 is 0 Å². The molecule has 0 amide bonds. The number of piperidine rings is 1. The van der Waals surface area contributed by atoms with Crippen molar-refractivity contribution in [3.63, 3.8) is 0 Å². The van der Waals surface area contributed by atoms with Gasteiger partial charge in [0.15, 0.2) is 0 Å². The third kappa shape index (κ3) is 4.01. The molecule has 2 saturated heterocycles. The first-order chi connectivity index (χ1) is 11.5. The highest BCUT2D eigenvalue weighted by molar-refractivity contribution is 5.23. The number of nitrogens with one attached hydrogen (secondary N) is 2. The Bertz CT molecular complexity index is 508. The minimum Gasteiger partial charge on any atom is -0.381 e. The Morgan fingerprint density at radius 2 is 1.92 bits per heavy atom. The summed E-state index contributed by atoms with van der Waals surface area (Å²) in [6.45, 7) is 12.9. The van der Waals surface area contributed by atoms with Crippen molar-refractivity contribution in [1.82, 2.24) is 20.4 Å². The number of rotatable bonds is 5. The summed E-state index contributed by atoms with van der Waals surface area (Å²) < 4.78 is 5.66. The third-order valence-electron chi connectivity index (χ3n) is 5.69. The molecule has 3 heterocycles. The van der Waals surface area contributed by atoms with E-state index in [0.717, 1.165) is 39.1 Å². The number of aromatic nitrogens is 2. The van der Waals surface area contributed by atoms with Crippen molar-refractivity contribution < 1.29 is 4.74 Å². The monoisotopic (exact) mass is 334 g/mol. The number of nitrogens with zero attached hydrogens (tertiary/aromatic N) is 2. The maximum absolute atomic E-state index is 5.66. The van der Waals surface area contributed by atoms with Gasteiger partial charge in [0.25, 0.3) is 0 Å². The molecule has 2 N–H and O–H groups in total. The van der Waals surface area contributed by atoms with Crippen LogP contribution in [0.15, 0.2) is 6.20 Å². The topological polar surface area (TPSA) is 53.2 Å². The van der Waals surface area contributed by atoms with Crippen molar-refractivity contribution in [2.24, 2.45) is 0 Å². The third-order valence-corrected chi connectivity index (χ3v) is 5.69. The number of aromatic amines is 1. The van der Waals surface area contributed by atoms with Crippen molar-refractivity contribution in [2.75, 3.05) is 32.8 Å². The summed E-state index contributed by atoms with van der Waals surface area (Å²) in [6, 6.07) is 0. The van der Waals surface area contributed by atoms with Crippen molar-refractivity contribution in [1.29, 1.82) is 0 Å². The minimum atomic E-state index is 0.108. The Hall–Kier alpha value is -0.910. The molecule has 0 radical (unpaired) electrons. The van der Waals surface area contributed by atoms with Crippen molar-refractivity contribution in [3.05, 3.63) is 17.5 Å². The molecule has 5 heteroatoms. The fraction of sp³-hybridized carbons (Fsp3) is 0.842. The Morgan fingerprint density at radius 3 is 2.58 bits per heavy atom. The van der Waals surface area contributed by atoms with E-state index in [4.69, 9.17) is 4.74 Å². The van der Waals surface area contributed by atoms with E-state index < -0.39 is 0 Å². The van der Waals surface area contributed by atoms with Gasteiger partial charge in [-0.15, -0.1) is 0 Å². The molecule has 0 unspecified atom stereocenters. The van der Waals surface area contributed by atoms with Crippen LogP contribution in [-0.2, 0) is 16.7 Å². The van der Waals surface area contributed by atoms with Crippen LogP contribution >= 0.6 is 0 Å². The molecule has 0 aliphatic carbocycles. The molecule has 3 rings (SSSR count). The number of hydrogen-bond donors (Lipinski definition) is 2. The van der Waals surface area contributed by atoms with Crippen LogP contribution in [0.2, 0.25) is 0 Å². The van der Waals surface area contributed by atoms with Crippen molar-refractivity contribution in [3.8, 4) is 0 Å². The normalized spacial score (nSPS) is 22.6. The molecule has 1 aromatic rings. The molecule has 0 atom stereocenters. The highest BCUT2D eigenvalue weighted by Crippen LogP contribution is 2.30. The van der Waals surface area contributed by atoms with Crippen LogP contribution in [0.5, 0.6) is 0 Å². The van der Waals surface area contributed by atoms with E-state index in [2.05, 4.69) is 41.2 Å². The standard InChI is InChI=1S/C19H34N4O/c1-18(2,3)17-16(14-21-22-17)13-20-15-19(7-11-24-12-8-19)23-9-5-4-6-10-23/h14,20H,4-13,15H2,1-3H3,(H,21,22). The van der Waals surface area contributed by atoms with Gasteiger partial charge in [0.1, 0.15) is 0 Å². The minimum absolute atomic E-state index is 0.108. The van der Waals surface area contributed by atoms with Crippen LogP contribution in [0.25, 0.3) is 0 Å². The molecular weight excluding hydrogens is 300 g/mol. The van der Waals surface area contributed by atoms with Crippen LogP contribution in [-0.4, -0.2) is 53.5 Å². The first-order valence-corrected chi connectivity index (χ1v) is 9.58. The van der Waals surface area contributed by atoms with Crippen LogP contribution in [0.3, 0.4) is 0 Å². The summed E-state index contributed by atoms with van der Waals surface area (Å²) in [5, 5.41) is 11.2. The molecule has 5 nitrogen and oxygen atoms in total. The molecule has 1 aromatic heterocycles. The van der Waals surface area contributed by atoms with Gasteiger partial charge in [-0.2, -0.15) is 5.10 Å². The Balaban J connectivity index is 1.63. The lowest BCUT2D eigenvalue weighted by atomic mass is 9.85. The zero-order chi connectivity index (χ0) is 17.0. The maximum atomic E-state index is 5.66. The first kappa shape index (κ1) is 17.9.